The van der Waals surface area contributed by atoms with Gasteiger partial charge in [0.25, 0.3) is 5.91 Å². The summed E-state index contributed by atoms with van der Waals surface area (Å²) in [6, 6.07) is 16.9. The number of hydrogen-bond acceptors (Lipinski definition) is 5. The van der Waals surface area contributed by atoms with Crippen LogP contribution in [0.4, 0.5) is 5.69 Å². The van der Waals surface area contributed by atoms with E-state index in [1.54, 1.807) is 36.4 Å². The largest absolute Gasteiger partial charge is 0.507 e. The van der Waals surface area contributed by atoms with Crippen molar-refractivity contribution in [2.75, 3.05) is 4.90 Å². The summed E-state index contributed by atoms with van der Waals surface area (Å²) in [4.78, 5) is 28.3. The van der Waals surface area contributed by atoms with Crippen LogP contribution in [-0.4, -0.2) is 21.9 Å². The molecule has 2 heterocycles. The van der Waals surface area contributed by atoms with Gasteiger partial charge < -0.3 is 15.1 Å². The van der Waals surface area contributed by atoms with Crippen LogP contribution >= 0.6 is 11.3 Å². The Morgan fingerprint density at radius 1 is 1.04 bits per heavy atom. The van der Waals surface area contributed by atoms with Crippen molar-refractivity contribution >= 4 is 28.7 Å². The highest BCUT2D eigenvalue weighted by Gasteiger charge is 2.50. The van der Waals surface area contributed by atoms with Crippen LogP contribution in [0.2, 0.25) is 0 Å². The molecule has 1 amide bonds. The first-order valence-electron chi connectivity index (χ1n) is 8.48. The number of aromatic hydroxyl groups is 1. The van der Waals surface area contributed by atoms with E-state index in [0.29, 0.717) is 17.8 Å². The number of carbonyl (C=O) groups is 2. The second kappa shape index (κ2) is 6.64. The molecule has 0 fully saturated rings. The first-order chi connectivity index (χ1) is 13.0. The molecule has 1 aliphatic rings. The third-order valence-electron chi connectivity index (χ3n) is 4.75. The molecule has 0 aliphatic carbocycles. The number of aliphatic hydroxyl groups is 1. The van der Waals surface area contributed by atoms with E-state index in [2.05, 4.69) is 0 Å². The summed E-state index contributed by atoms with van der Waals surface area (Å²) in [6.07, 6.45) is -0.429. The molecule has 2 aromatic carbocycles. The summed E-state index contributed by atoms with van der Waals surface area (Å²) in [7, 11) is 0. The predicted octanol–water partition coefficient (Wildman–Crippen LogP) is 3.46. The van der Waals surface area contributed by atoms with Crippen LogP contribution in [-0.2, 0) is 16.9 Å². The third-order valence-corrected chi connectivity index (χ3v) is 5.62. The minimum atomic E-state index is -1.95. The monoisotopic (exact) mass is 379 g/mol. The van der Waals surface area contributed by atoms with Crippen LogP contribution < -0.4 is 4.90 Å². The average Bonchev–Trinajstić information content (AvgIpc) is 3.25. The van der Waals surface area contributed by atoms with Crippen LogP contribution in [0.1, 0.15) is 27.2 Å². The van der Waals surface area contributed by atoms with Gasteiger partial charge in [0.1, 0.15) is 5.75 Å². The molecule has 5 nitrogen and oxygen atoms in total. The number of thiophene rings is 1. The second-order valence-corrected chi connectivity index (χ2v) is 7.50. The predicted molar refractivity (Wildman–Crippen MR) is 103 cm³/mol. The van der Waals surface area contributed by atoms with Gasteiger partial charge in [-0.1, -0.05) is 36.4 Å². The highest BCUT2D eigenvalue weighted by atomic mass is 32.1. The van der Waals surface area contributed by atoms with Gasteiger partial charge in [0.15, 0.2) is 11.4 Å². The highest BCUT2D eigenvalue weighted by molar-refractivity contribution is 7.09. The topological polar surface area (TPSA) is 77.8 Å². The molecule has 0 unspecified atom stereocenters. The van der Waals surface area contributed by atoms with Crippen molar-refractivity contribution in [1.29, 1.82) is 0 Å². The number of Topliss-reactive ketones (excluding diaryl/α,β-unsaturated/α-hetero) is 1. The Morgan fingerprint density at radius 3 is 2.52 bits per heavy atom. The Hall–Kier alpha value is -2.96. The van der Waals surface area contributed by atoms with Crippen molar-refractivity contribution in [2.24, 2.45) is 0 Å². The van der Waals surface area contributed by atoms with E-state index in [-0.39, 0.29) is 11.3 Å². The lowest BCUT2D eigenvalue weighted by atomic mass is 9.88. The summed E-state index contributed by atoms with van der Waals surface area (Å²) in [5.74, 6) is -1.18. The van der Waals surface area contributed by atoms with Crippen molar-refractivity contribution in [3.63, 3.8) is 0 Å². The van der Waals surface area contributed by atoms with Gasteiger partial charge in [-0.05, 0) is 29.6 Å². The zero-order valence-electron chi connectivity index (χ0n) is 14.3. The Balaban J connectivity index is 1.70. The molecule has 0 saturated carbocycles. The summed E-state index contributed by atoms with van der Waals surface area (Å²) in [5.41, 5.74) is -0.848. The van der Waals surface area contributed by atoms with Crippen LogP contribution in [0.15, 0.2) is 66.0 Å². The number of phenols is 1. The van der Waals surface area contributed by atoms with Crippen molar-refractivity contribution in [1.82, 2.24) is 0 Å². The maximum Gasteiger partial charge on any atom is 0.264 e. The molecule has 0 bridgehead atoms. The van der Waals surface area contributed by atoms with Crippen LogP contribution in [0, 0.1) is 0 Å². The van der Waals surface area contributed by atoms with E-state index in [0.717, 1.165) is 4.88 Å². The molecular weight excluding hydrogens is 362 g/mol. The van der Waals surface area contributed by atoms with Gasteiger partial charge in [0, 0.05) is 10.4 Å². The van der Waals surface area contributed by atoms with Crippen molar-refractivity contribution in [3.8, 4) is 5.75 Å². The van der Waals surface area contributed by atoms with E-state index < -0.39 is 23.7 Å². The number of hydrogen-bond donors (Lipinski definition) is 2. The molecule has 2 N–H and O–H groups in total. The van der Waals surface area contributed by atoms with Crippen LogP contribution in [0.5, 0.6) is 5.75 Å². The molecule has 6 heteroatoms. The molecule has 3 aromatic rings. The maximum absolute atomic E-state index is 13.1. The first-order valence-corrected chi connectivity index (χ1v) is 9.36. The number of anilines is 1. The Kier molecular flexibility index (Phi) is 4.30. The minimum Gasteiger partial charge on any atom is -0.507 e. The van der Waals surface area contributed by atoms with Crippen molar-refractivity contribution in [2.45, 2.75) is 18.6 Å². The van der Waals surface area contributed by atoms with Gasteiger partial charge in [0.2, 0.25) is 0 Å². The zero-order valence-corrected chi connectivity index (χ0v) is 15.1. The fraction of sp³-hybridized carbons (Fsp3) is 0.143. The Bertz CT molecular complexity index is 1010. The highest BCUT2D eigenvalue weighted by Crippen LogP contribution is 2.44. The number of rotatable bonds is 5. The molecule has 136 valence electrons. The summed E-state index contributed by atoms with van der Waals surface area (Å²) < 4.78 is 0. The second-order valence-electron chi connectivity index (χ2n) is 6.47. The van der Waals surface area contributed by atoms with Gasteiger partial charge in [-0.15, -0.1) is 11.3 Å². The number of para-hydroxylation sites is 2. The van der Waals surface area contributed by atoms with E-state index in [1.807, 2.05) is 17.5 Å². The number of amides is 1. The quantitative estimate of drug-likeness (QED) is 0.666. The third kappa shape index (κ3) is 2.93. The lowest BCUT2D eigenvalue weighted by Gasteiger charge is -2.22. The van der Waals surface area contributed by atoms with Crippen LogP contribution in [0.3, 0.4) is 0 Å². The van der Waals surface area contributed by atoms with E-state index in [1.165, 1.54) is 28.4 Å². The number of carbonyl (C=O) groups excluding carboxylic acids is 2. The molecule has 0 radical (unpaired) electrons. The minimum absolute atomic E-state index is 0.0907. The summed E-state index contributed by atoms with van der Waals surface area (Å²) in [6.45, 7) is 0.334. The Morgan fingerprint density at radius 2 is 1.78 bits per heavy atom. The zero-order chi connectivity index (χ0) is 19.0. The first kappa shape index (κ1) is 17.5. The molecular formula is C21H17NO4S. The fourth-order valence-corrected chi connectivity index (χ4v) is 4.12. The summed E-state index contributed by atoms with van der Waals surface area (Å²) >= 11 is 1.52. The van der Waals surface area contributed by atoms with Crippen molar-refractivity contribution < 1.29 is 19.8 Å². The standard InChI is InChI=1S/C21H17NO4S/c23-18-10-4-1-7-15(18)19(24)12-21(26)16-8-2-3-9-17(16)22(20(21)25)13-14-6-5-11-27-14/h1-11,23,26H,12-13H2/t21-/m0/s1. The number of fused-ring (bicyclic) bond motifs is 1. The van der Waals surface area contributed by atoms with Gasteiger partial charge in [-0.3, -0.25) is 9.59 Å². The molecule has 1 aliphatic heterocycles. The normalized spacial score (nSPS) is 18.6. The lowest BCUT2D eigenvalue weighted by Crippen LogP contribution is -2.41. The molecule has 0 spiro atoms. The number of ketones is 1. The van der Waals surface area contributed by atoms with E-state index in [9.17, 15) is 19.8 Å². The smallest absolute Gasteiger partial charge is 0.264 e. The van der Waals surface area contributed by atoms with E-state index in [4.69, 9.17) is 0 Å². The molecule has 0 saturated heterocycles. The summed E-state index contributed by atoms with van der Waals surface area (Å²) in [5, 5.41) is 23.1. The number of benzene rings is 2. The molecule has 1 atom stereocenters. The number of nitrogens with zero attached hydrogens (tertiary/aromatic N) is 1. The van der Waals surface area contributed by atoms with Crippen LogP contribution in [0.25, 0.3) is 0 Å². The van der Waals surface area contributed by atoms with Gasteiger partial charge in [0.05, 0.1) is 24.2 Å². The molecule has 4 rings (SSSR count). The Labute approximate surface area is 160 Å². The average molecular weight is 379 g/mol. The molecule has 27 heavy (non-hydrogen) atoms. The number of phenolic OH excluding ortho intramolecular Hbond substituents is 1. The molecule has 1 aromatic heterocycles. The lowest BCUT2D eigenvalue weighted by molar-refractivity contribution is -0.136. The van der Waals surface area contributed by atoms with Gasteiger partial charge in [-0.25, -0.2) is 0 Å². The van der Waals surface area contributed by atoms with E-state index >= 15 is 0 Å². The fourth-order valence-electron chi connectivity index (χ4n) is 3.43. The SMILES string of the molecule is O=C(C[C@@]1(O)C(=O)N(Cc2cccs2)c2ccccc21)c1ccccc1O. The van der Waals surface area contributed by atoms with Gasteiger partial charge in [-0.2, -0.15) is 0 Å². The maximum atomic E-state index is 13.1. The van der Waals surface area contributed by atoms with Gasteiger partial charge >= 0.3 is 0 Å². The van der Waals surface area contributed by atoms with Crippen molar-refractivity contribution in [3.05, 3.63) is 82.0 Å².